The van der Waals surface area contributed by atoms with Gasteiger partial charge in [0.25, 0.3) is 0 Å². The van der Waals surface area contributed by atoms with Gasteiger partial charge in [-0.2, -0.15) is 0 Å². The molecule has 0 fully saturated rings. The quantitative estimate of drug-likeness (QED) is 0.218. The van der Waals surface area contributed by atoms with Crippen molar-refractivity contribution in [3.05, 3.63) is 89.6 Å². The molecule has 0 bridgehead atoms. The Morgan fingerprint density at radius 2 is 1.37 bits per heavy atom. The lowest BCUT2D eigenvalue weighted by Gasteiger charge is -2.28. The summed E-state index contributed by atoms with van der Waals surface area (Å²) in [6, 6.07) is 25.4. The summed E-state index contributed by atoms with van der Waals surface area (Å²) in [6.07, 6.45) is 2.23. The van der Waals surface area contributed by atoms with Gasteiger partial charge in [0.15, 0.2) is 6.20 Å². The third kappa shape index (κ3) is 4.73. The molecule has 0 unspecified atom stereocenters. The molecule has 2 heteroatoms. The molecule has 4 rings (SSSR count). The number of fused-ring (bicyclic) bond motifs is 1. The Morgan fingerprint density at radius 3 is 1.97 bits per heavy atom. The van der Waals surface area contributed by atoms with Crippen molar-refractivity contribution < 1.29 is 4.57 Å². The maximum absolute atomic E-state index is 2.46. The van der Waals surface area contributed by atoms with E-state index in [0.717, 1.165) is 0 Å². The van der Waals surface area contributed by atoms with E-state index in [0.29, 0.717) is 0 Å². The van der Waals surface area contributed by atoms with Crippen LogP contribution in [0.25, 0.3) is 22.0 Å². The van der Waals surface area contributed by atoms with Crippen LogP contribution in [0.2, 0.25) is 13.1 Å². The predicted octanol–water partition coefficient (Wildman–Crippen LogP) is 7.06. The van der Waals surface area contributed by atoms with Gasteiger partial charge < -0.3 is 0 Å². The van der Waals surface area contributed by atoms with E-state index in [1.165, 1.54) is 49.1 Å². The number of hydrogen-bond acceptors (Lipinski definition) is 0. The Hall–Kier alpha value is -2.71. The first-order chi connectivity index (χ1) is 16.2. The number of pyridine rings is 1. The standard InChI is InChI=1S/C33H42NSi/c1-23-29(21-25(32(2,3)4)22-30(23)33(5,6)7)31-28-17-16-27(20-24(28)18-19-34(31)8)35(9,10)26-14-12-11-13-15-26/h11-22H,1-10H3/q+1. The molecule has 0 saturated heterocycles. The minimum absolute atomic E-state index is 0.0850. The highest BCUT2D eigenvalue weighted by Gasteiger charge is 2.29. The minimum atomic E-state index is -1.77. The number of aryl methyl sites for hydroxylation is 1. The van der Waals surface area contributed by atoms with Crippen LogP contribution in [-0.2, 0) is 17.9 Å². The van der Waals surface area contributed by atoms with Gasteiger partial charge in [-0.15, -0.1) is 0 Å². The van der Waals surface area contributed by atoms with Crippen LogP contribution in [0.4, 0.5) is 0 Å². The largest absolute Gasteiger partial charge is 0.220 e. The monoisotopic (exact) mass is 480 g/mol. The summed E-state index contributed by atoms with van der Waals surface area (Å²) in [4.78, 5) is 0. The second-order valence-electron chi connectivity index (χ2n) is 12.8. The topological polar surface area (TPSA) is 3.88 Å². The lowest BCUT2D eigenvalue weighted by Crippen LogP contribution is -2.52. The molecular weight excluding hydrogens is 438 g/mol. The SMILES string of the molecule is Cc1c(-c2c3ccc([Si](C)(C)c4ccccc4)cc3cc[n+]2C)cc(C(C)(C)C)cc1C(C)(C)C. The van der Waals surface area contributed by atoms with Crippen molar-refractivity contribution in [1.82, 2.24) is 0 Å². The highest BCUT2D eigenvalue weighted by Crippen LogP contribution is 2.38. The van der Waals surface area contributed by atoms with Gasteiger partial charge in [0.05, 0.1) is 10.9 Å². The Labute approximate surface area is 213 Å². The summed E-state index contributed by atoms with van der Waals surface area (Å²) in [7, 11) is 0.417. The summed E-state index contributed by atoms with van der Waals surface area (Å²) < 4.78 is 2.31. The van der Waals surface area contributed by atoms with Crippen LogP contribution < -0.4 is 14.9 Å². The average Bonchev–Trinajstić information content (AvgIpc) is 2.78. The normalized spacial score (nSPS) is 12.9. The van der Waals surface area contributed by atoms with Crippen molar-refractivity contribution in [3.63, 3.8) is 0 Å². The van der Waals surface area contributed by atoms with Crippen molar-refractivity contribution in [1.29, 1.82) is 0 Å². The summed E-state index contributed by atoms with van der Waals surface area (Å²) in [5.41, 5.74) is 7.05. The minimum Gasteiger partial charge on any atom is -0.200 e. The number of nitrogens with zero attached hydrogens (tertiary/aromatic N) is 1. The second kappa shape index (κ2) is 8.75. The Balaban J connectivity index is 1.98. The fourth-order valence-electron chi connectivity index (χ4n) is 5.29. The molecule has 0 atom stereocenters. The zero-order chi connectivity index (χ0) is 25.8. The van der Waals surface area contributed by atoms with E-state index in [1.807, 2.05) is 0 Å². The van der Waals surface area contributed by atoms with Gasteiger partial charge >= 0.3 is 0 Å². The molecule has 1 heterocycles. The summed E-state index contributed by atoms with van der Waals surface area (Å²) in [5.74, 6) is 0. The van der Waals surface area contributed by atoms with E-state index in [9.17, 15) is 0 Å². The van der Waals surface area contributed by atoms with E-state index in [1.54, 1.807) is 0 Å². The molecule has 182 valence electrons. The van der Waals surface area contributed by atoms with Gasteiger partial charge in [-0.25, -0.2) is 4.57 Å². The summed E-state index contributed by atoms with van der Waals surface area (Å²) in [5, 5.41) is 5.60. The number of rotatable bonds is 3. The van der Waals surface area contributed by atoms with Gasteiger partial charge in [0, 0.05) is 6.07 Å². The maximum Gasteiger partial charge on any atom is 0.220 e. The van der Waals surface area contributed by atoms with E-state index >= 15 is 0 Å². The van der Waals surface area contributed by atoms with Crippen LogP contribution in [0, 0.1) is 6.92 Å². The van der Waals surface area contributed by atoms with Crippen LogP contribution >= 0.6 is 0 Å². The van der Waals surface area contributed by atoms with Crippen molar-refractivity contribution in [2.45, 2.75) is 72.4 Å². The average molecular weight is 481 g/mol. The molecule has 1 aromatic heterocycles. The molecule has 4 aromatic rings. The van der Waals surface area contributed by atoms with Gasteiger partial charge in [-0.3, -0.25) is 0 Å². The van der Waals surface area contributed by atoms with Crippen LogP contribution in [0.5, 0.6) is 0 Å². The molecule has 3 aromatic carbocycles. The molecule has 0 spiro atoms. The molecule has 0 aliphatic rings. The second-order valence-corrected chi connectivity index (χ2v) is 17.2. The van der Waals surface area contributed by atoms with Gasteiger partial charge in [-0.05, 0) is 52.0 Å². The van der Waals surface area contributed by atoms with Crippen LogP contribution in [-0.4, -0.2) is 8.07 Å². The molecule has 0 aliphatic heterocycles. The Kier molecular flexibility index (Phi) is 6.34. The van der Waals surface area contributed by atoms with Gasteiger partial charge in [0.1, 0.15) is 15.1 Å². The Morgan fingerprint density at radius 1 is 0.714 bits per heavy atom. The molecule has 0 aliphatic carbocycles. The van der Waals surface area contributed by atoms with Crippen molar-refractivity contribution in [2.75, 3.05) is 0 Å². The molecule has 0 radical (unpaired) electrons. The van der Waals surface area contributed by atoms with E-state index in [-0.39, 0.29) is 10.8 Å². The van der Waals surface area contributed by atoms with Crippen molar-refractivity contribution in [3.8, 4) is 11.3 Å². The van der Waals surface area contributed by atoms with E-state index < -0.39 is 8.07 Å². The van der Waals surface area contributed by atoms with Crippen LogP contribution in [0.15, 0.2) is 72.9 Å². The first kappa shape index (κ1) is 25.4. The summed E-state index contributed by atoms with van der Waals surface area (Å²) >= 11 is 0. The third-order valence-electron chi connectivity index (χ3n) is 7.69. The fourth-order valence-corrected chi connectivity index (χ4v) is 7.67. The van der Waals surface area contributed by atoms with Crippen molar-refractivity contribution in [2.24, 2.45) is 7.05 Å². The van der Waals surface area contributed by atoms with E-state index in [2.05, 4.69) is 146 Å². The third-order valence-corrected chi connectivity index (χ3v) is 11.2. The highest BCUT2D eigenvalue weighted by molar-refractivity contribution is 7.00. The zero-order valence-electron chi connectivity index (χ0n) is 23.4. The van der Waals surface area contributed by atoms with Crippen molar-refractivity contribution >= 4 is 29.2 Å². The number of hydrogen-bond donors (Lipinski definition) is 0. The lowest BCUT2D eigenvalue weighted by molar-refractivity contribution is -0.659. The Bertz CT molecular complexity index is 1380. The van der Waals surface area contributed by atoms with E-state index in [4.69, 9.17) is 0 Å². The number of aromatic nitrogens is 1. The van der Waals surface area contributed by atoms with Gasteiger partial charge in [-0.1, -0.05) is 114 Å². The summed E-state index contributed by atoms with van der Waals surface area (Å²) in [6.45, 7) is 21.2. The van der Waals surface area contributed by atoms with Crippen LogP contribution in [0.3, 0.4) is 0 Å². The number of benzene rings is 3. The fraction of sp³-hybridized carbons (Fsp3) is 0.364. The van der Waals surface area contributed by atoms with Crippen LogP contribution in [0.1, 0.15) is 58.2 Å². The lowest BCUT2D eigenvalue weighted by atomic mass is 9.76. The molecule has 0 saturated carbocycles. The zero-order valence-corrected chi connectivity index (χ0v) is 24.4. The van der Waals surface area contributed by atoms with Gasteiger partial charge in [0.2, 0.25) is 5.69 Å². The highest BCUT2D eigenvalue weighted by atomic mass is 28.3. The first-order valence-corrected chi connectivity index (χ1v) is 15.9. The maximum atomic E-state index is 2.46. The predicted molar refractivity (Wildman–Crippen MR) is 156 cm³/mol. The first-order valence-electron chi connectivity index (χ1n) is 12.9. The molecule has 0 N–H and O–H groups in total. The molecular formula is C33H42NSi+. The molecule has 35 heavy (non-hydrogen) atoms. The smallest absolute Gasteiger partial charge is 0.200 e. The molecule has 1 nitrogen and oxygen atoms in total. The molecule has 0 amide bonds.